The molecule has 0 spiro atoms. The number of nitrogens with zero attached hydrogens (tertiary/aromatic N) is 6. The lowest BCUT2D eigenvalue weighted by atomic mass is 10.1. The lowest BCUT2D eigenvalue weighted by molar-refractivity contribution is -0.155. The van der Waals surface area contributed by atoms with Crippen LogP contribution in [0.1, 0.15) is 82.9 Å². The minimum Gasteiger partial charge on any atom is -0.455 e. The van der Waals surface area contributed by atoms with Crippen molar-refractivity contribution in [2.75, 3.05) is 109 Å². The maximum Gasteiger partial charge on any atom is 0.414 e. The third kappa shape index (κ3) is 21.2. The highest BCUT2D eigenvalue weighted by Crippen LogP contribution is 2.31. The van der Waals surface area contributed by atoms with Crippen LogP contribution >= 0.6 is 24.4 Å². The van der Waals surface area contributed by atoms with Crippen LogP contribution < -0.4 is 57.7 Å². The summed E-state index contributed by atoms with van der Waals surface area (Å²) in [5.74, 6) is -2.72. The van der Waals surface area contributed by atoms with Gasteiger partial charge in [0.15, 0.2) is 0 Å². The first-order valence-electron chi connectivity index (χ1n) is 32.1. The van der Waals surface area contributed by atoms with Gasteiger partial charge in [-0.25, -0.2) is 34.0 Å². The van der Waals surface area contributed by atoms with Crippen LogP contribution in [0.2, 0.25) is 0 Å². The molecule has 5 amide bonds. The van der Waals surface area contributed by atoms with Crippen LogP contribution in [0.4, 0.5) is 52.5 Å². The summed E-state index contributed by atoms with van der Waals surface area (Å²) in [5, 5.41) is 6.15. The summed E-state index contributed by atoms with van der Waals surface area (Å²) in [6.45, 7) is 12.7. The van der Waals surface area contributed by atoms with Crippen molar-refractivity contribution >= 4 is 110 Å². The number of piperazine rings is 2. The van der Waals surface area contributed by atoms with Crippen LogP contribution in [0.25, 0.3) is 0 Å². The van der Waals surface area contributed by atoms with E-state index >= 15 is 8.78 Å². The van der Waals surface area contributed by atoms with Gasteiger partial charge in [0.1, 0.15) is 36.5 Å². The molecule has 5 aromatic carbocycles. The van der Waals surface area contributed by atoms with Crippen molar-refractivity contribution in [3.63, 3.8) is 0 Å². The Bertz CT molecular complexity index is 3470. The number of carbonyl (C=O) groups excluding carboxylic acids is 7. The quantitative estimate of drug-likeness (QED) is 0.00795. The Labute approximate surface area is 563 Å². The molecular formula is C68H85F2N13O10S2. The number of aryl methyl sites for hydroxylation is 2. The minimum absolute atomic E-state index is 0.0306. The number of Topliss-reactive ketones (excluding diaryl/α,β-unsaturated/α-hetero) is 1. The molecule has 0 aliphatic carbocycles. The highest BCUT2D eigenvalue weighted by molar-refractivity contribution is 7.80. The molecule has 4 saturated heterocycles. The Kier molecular flexibility index (Phi) is 26.8. The number of amides is 5. The highest BCUT2D eigenvalue weighted by Gasteiger charge is 2.35. The number of esters is 1. The van der Waals surface area contributed by atoms with Gasteiger partial charge in [0.05, 0.1) is 64.9 Å². The number of nitrogens with one attached hydrogen (secondary N) is 6. The molecule has 27 heteroatoms. The van der Waals surface area contributed by atoms with Gasteiger partial charge in [-0.1, -0.05) is 92.9 Å². The fourth-order valence-corrected chi connectivity index (χ4v) is 11.0. The van der Waals surface area contributed by atoms with E-state index in [1.54, 1.807) is 38.1 Å². The average molecular weight is 1350 g/mol. The van der Waals surface area contributed by atoms with Gasteiger partial charge < -0.3 is 61.0 Å². The van der Waals surface area contributed by atoms with Crippen LogP contribution in [-0.4, -0.2) is 164 Å². The molecule has 0 bridgehead atoms. The monoisotopic (exact) mass is 1350 g/mol. The predicted molar refractivity (Wildman–Crippen MR) is 369 cm³/mol. The zero-order valence-electron chi connectivity index (χ0n) is 54.0. The van der Waals surface area contributed by atoms with Crippen molar-refractivity contribution in [1.29, 1.82) is 0 Å². The lowest BCUT2D eigenvalue weighted by Crippen LogP contribution is -2.49. The lowest BCUT2D eigenvalue weighted by Gasteiger charge is -2.36. The molecule has 0 unspecified atom stereocenters. The van der Waals surface area contributed by atoms with Gasteiger partial charge in [-0.15, -0.1) is 0 Å². The average Bonchev–Trinajstić information content (AvgIpc) is 1.70. The van der Waals surface area contributed by atoms with Crippen LogP contribution in [0.5, 0.6) is 0 Å². The van der Waals surface area contributed by atoms with Crippen LogP contribution in [0.15, 0.2) is 115 Å². The first-order valence-corrected chi connectivity index (χ1v) is 33.0. The number of ketones is 1. The zero-order chi connectivity index (χ0) is 68.0. The molecule has 0 saturated carbocycles. The topological polar surface area (TPSA) is 265 Å². The molecule has 4 aliphatic heterocycles. The Morgan fingerprint density at radius 2 is 1.00 bits per heavy atom. The minimum atomic E-state index is -0.902. The molecule has 9 rings (SSSR count). The second-order valence-electron chi connectivity index (χ2n) is 23.5. The summed E-state index contributed by atoms with van der Waals surface area (Å²) < 4.78 is 46.4. The van der Waals surface area contributed by atoms with Gasteiger partial charge in [0, 0.05) is 76.6 Å². The molecule has 0 aromatic heterocycles. The SMILES string of the molecule is CCC(=S)NC[C@H]1CN(c2ccc(N3CCN(C(=O)CCCc4ccc(NN[C@@H](C)C(=O)C(=O)OCc5ccccc5)cc4)CC3)c(F)c2)C(=O)O1.CCC(=S)NC[C@H]1CN(c2ccc(N3CCN(C(=O)CCCc4ccc(NN[C@@H](C)C(N)=O)cc4)CC3)c(F)c2)C(=O)O1. The third-order valence-electron chi connectivity index (χ3n) is 16.6. The summed E-state index contributed by atoms with van der Waals surface area (Å²) in [6.07, 6.45) is 3.37. The van der Waals surface area contributed by atoms with E-state index in [2.05, 4.69) is 32.3 Å². The van der Waals surface area contributed by atoms with Crippen LogP contribution in [0.3, 0.4) is 0 Å². The van der Waals surface area contributed by atoms with Crippen molar-refractivity contribution < 1.29 is 56.6 Å². The van der Waals surface area contributed by atoms with Crippen molar-refractivity contribution in [2.24, 2.45) is 5.73 Å². The number of carbonyl (C=O) groups is 7. The van der Waals surface area contributed by atoms with Crippen LogP contribution in [0, 0.1) is 11.6 Å². The van der Waals surface area contributed by atoms with Crippen molar-refractivity contribution in [2.45, 2.75) is 110 Å². The number of primary amides is 1. The first-order chi connectivity index (χ1) is 45.7. The summed E-state index contributed by atoms with van der Waals surface area (Å²) >= 11 is 10.3. The number of benzene rings is 5. The molecule has 4 atom stereocenters. The molecule has 5 aromatic rings. The Hall–Kier alpha value is -9.05. The largest absolute Gasteiger partial charge is 0.455 e. The Morgan fingerprint density at radius 1 is 0.579 bits per heavy atom. The summed E-state index contributed by atoms with van der Waals surface area (Å²) in [5.41, 5.74) is 23.1. The molecule has 23 nitrogen and oxygen atoms in total. The van der Waals surface area contributed by atoms with E-state index in [1.807, 2.05) is 112 Å². The van der Waals surface area contributed by atoms with E-state index < -0.39 is 53.6 Å². The van der Waals surface area contributed by atoms with Crippen molar-refractivity contribution in [3.8, 4) is 0 Å². The highest BCUT2D eigenvalue weighted by atomic mass is 32.1. The second-order valence-corrected chi connectivity index (χ2v) is 24.5. The molecular weight excluding hydrogens is 1260 g/mol. The number of anilines is 6. The second kappa shape index (κ2) is 35.5. The van der Waals surface area contributed by atoms with Gasteiger partial charge in [0.2, 0.25) is 17.7 Å². The molecule has 4 heterocycles. The number of halogens is 2. The fraction of sp³-hybridized carbons (Fsp3) is 0.426. The Balaban J connectivity index is 0.000000248. The van der Waals surface area contributed by atoms with Gasteiger partial charge in [0.25, 0.3) is 5.78 Å². The summed E-state index contributed by atoms with van der Waals surface area (Å²) in [7, 11) is 0. The molecule has 8 N–H and O–H groups in total. The van der Waals surface area contributed by atoms with Gasteiger partial charge in [-0.2, -0.15) is 0 Å². The number of rotatable bonds is 29. The normalized spacial score (nSPS) is 16.8. The molecule has 508 valence electrons. The van der Waals surface area contributed by atoms with E-state index in [0.717, 1.165) is 35.2 Å². The Morgan fingerprint density at radius 3 is 1.40 bits per heavy atom. The standard InChI is InChI=1S/C38H45FN6O6S.C30H40FN7O4S/c1-3-34(52)40-23-31-24-45(38(49)51-31)30-16-17-33(32(39)22-30)43-18-20-44(21-19-43)35(46)11-7-10-27-12-14-29(15-13-27)42-41-26(2)36(47)37(48)50-25-28-8-5-4-6-9-28;1-3-27(43)33-18-24-19-38(30(41)42-24)23-11-12-26(25(31)17-23)36-13-15-37(16-14-36)28(39)6-4-5-21-7-9-22(10-8-21)35-34-20(2)29(32)40/h4-6,8-9,12-17,22,26,31,41-42H,3,7,10-11,18-21,23-25H2,1-2H3,(H,40,52);7-12,17,20,24,34-35H,3-6,13-16,18-19H2,1-2H3,(H2,32,40)(H,33,43)/t26-,31-;20-,24-/m00/s1. The number of nitrogens with two attached hydrogens (primary N) is 1. The predicted octanol–water partition coefficient (Wildman–Crippen LogP) is 7.71. The van der Waals surface area contributed by atoms with E-state index in [-0.39, 0.29) is 30.6 Å². The number of hydrazine groups is 2. The molecule has 95 heavy (non-hydrogen) atoms. The van der Waals surface area contributed by atoms with E-state index in [1.165, 1.54) is 21.9 Å². The zero-order valence-corrected chi connectivity index (χ0v) is 55.7. The maximum absolute atomic E-state index is 15.3. The van der Waals surface area contributed by atoms with E-state index in [9.17, 15) is 33.6 Å². The number of ether oxygens (including phenoxy) is 3. The number of thiocarbonyl (C=S) groups is 2. The van der Waals surface area contributed by atoms with Gasteiger partial charge >= 0.3 is 18.2 Å². The summed E-state index contributed by atoms with van der Waals surface area (Å²) in [6, 6.07) is 32.7. The summed E-state index contributed by atoms with van der Waals surface area (Å²) in [4.78, 5) is 98.0. The third-order valence-corrected chi connectivity index (χ3v) is 17.5. The smallest absolute Gasteiger partial charge is 0.414 e. The number of hydrogen-bond donors (Lipinski definition) is 7. The molecule has 4 fully saturated rings. The number of cyclic esters (lactones) is 2. The first kappa shape index (κ1) is 71.8. The fourth-order valence-electron chi connectivity index (χ4n) is 10.8. The van der Waals surface area contributed by atoms with Gasteiger partial charge in [-0.3, -0.25) is 29.0 Å². The molecule has 0 radical (unpaired) electrons. The van der Waals surface area contributed by atoms with Crippen molar-refractivity contribution in [3.05, 3.63) is 144 Å². The van der Waals surface area contributed by atoms with E-state index in [4.69, 9.17) is 44.4 Å². The number of hydrogen-bond acceptors (Lipinski definition) is 18. The maximum atomic E-state index is 15.3. The molecule has 4 aliphatic rings. The van der Waals surface area contributed by atoms with Gasteiger partial charge in [-0.05, 0) is 130 Å². The van der Waals surface area contributed by atoms with Crippen LogP contribution in [-0.2, 0) is 57.6 Å². The van der Waals surface area contributed by atoms with E-state index in [0.29, 0.717) is 155 Å². The van der Waals surface area contributed by atoms with Crippen molar-refractivity contribution in [1.82, 2.24) is 31.3 Å².